The summed E-state index contributed by atoms with van der Waals surface area (Å²) in [5.74, 6) is 0.881. The Balaban J connectivity index is 4.28. The molecule has 0 aliphatic heterocycles. The second-order valence-corrected chi connectivity index (χ2v) is 22.1. The van der Waals surface area contributed by atoms with Crippen LogP contribution >= 0.6 is 0 Å². The lowest BCUT2D eigenvalue weighted by molar-refractivity contribution is -0.167. The normalized spacial score (nSPS) is 12.4. The van der Waals surface area contributed by atoms with Gasteiger partial charge in [-0.1, -0.05) is 311 Å². The van der Waals surface area contributed by atoms with Crippen molar-refractivity contribution in [2.45, 2.75) is 355 Å². The molecule has 0 saturated carbocycles. The zero-order chi connectivity index (χ0) is 49.6. The summed E-state index contributed by atoms with van der Waals surface area (Å²) in [6.07, 6.45) is 59.5. The first-order chi connectivity index (χ1) is 33.3. The Labute approximate surface area is 425 Å². The van der Waals surface area contributed by atoms with Crippen molar-refractivity contribution in [3.63, 3.8) is 0 Å². The third-order valence-corrected chi connectivity index (χ3v) is 14.6. The molecule has 0 spiro atoms. The molecular weight excluding hydrogens is 841 g/mol. The molecule has 0 aliphatic rings. The Morgan fingerprint density at radius 3 is 0.838 bits per heavy atom. The molecule has 0 aliphatic carbocycles. The number of carbonyl (C=O) groups is 3. The summed E-state index contributed by atoms with van der Waals surface area (Å²) in [6, 6.07) is 0. The number of carbonyl (C=O) groups excluding carboxylic acids is 3. The zero-order valence-electron chi connectivity index (χ0n) is 46.7. The molecule has 0 bridgehead atoms. The van der Waals surface area contributed by atoms with Gasteiger partial charge in [-0.2, -0.15) is 0 Å². The minimum absolute atomic E-state index is 0.0624. The van der Waals surface area contributed by atoms with Crippen molar-refractivity contribution in [2.24, 2.45) is 11.8 Å². The number of unbranched alkanes of at least 4 members (excludes halogenated alkanes) is 40. The quantitative estimate of drug-likeness (QED) is 0.0343. The molecule has 68 heavy (non-hydrogen) atoms. The average molecular weight is 962 g/mol. The fraction of sp³-hybridized carbons (Fsp3) is 0.952. The predicted octanol–water partition coefficient (Wildman–Crippen LogP) is 20.4. The number of rotatable bonds is 56. The van der Waals surface area contributed by atoms with Crippen molar-refractivity contribution in [2.75, 3.05) is 13.2 Å². The van der Waals surface area contributed by atoms with E-state index in [4.69, 9.17) is 14.2 Å². The van der Waals surface area contributed by atoms with Gasteiger partial charge in [0, 0.05) is 19.3 Å². The minimum Gasteiger partial charge on any atom is -0.462 e. The Kier molecular flexibility index (Phi) is 53.5. The van der Waals surface area contributed by atoms with E-state index in [1.807, 2.05) is 0 Å². The predicted molar refractivity (Wildman–Crippen MR) is 293 cm³/mol. The van der Waals surface area contributed by atoms with Gasteiger partial charge >= 0.3 is 17.9 Å². The molecule has 0 N–H and O–H groups in total. The van der Waals surface area contributed by atoms with E-state index >= 15 is 0 Å². The third kappa shape index (κ3) is 53.8. The van der Waals surface area contributed by atoms with Crippen LogP contribution in [0.4, 0.5) is 0 Å². The van der Waals surface area contributed by atoms with Gasteiger partial charge in [0.2, 0.25) is 0 Å². The van der Waals surface area contributed by atoms with E-state index in [2.05, 4.69) is 34.6 Å². The molecule has 0 aromatic rings. The van der Waals surface area contributed by atoms with Crippen LogP contribution in [-0.4, -0.2) is 37.2 Å². The van der Waals surface area contributed by atoms with E-state index in [-0.39, 0.29) is 31.1 Å². The highest BCUT2D eigenvalue weighted by Crippen LogP contribution is 2.19. The van der Waals surface area contributed by atoms with Crippen LogP contribution in [0.1, 0.15) is 349 Å². The van der Waals surface area contributed by atoms with Gasteiger partial charge in [-0.15, -0.1) is 0 Å². The van der Waals surface area contributed by atoms with E-state index in [1.54, 1.807) is 0 Å². The summed E-state index contributed by atoms with van der Waals surface area (Å²) >= 11 is 0. The molecule has 0 aromatic carbocycles. The monoisotopic (exact) mass is 961 g/mol. The molecule has 0 aromatic heterocycles. The van der Waals surface area contributed by atoms with Gasteiger partial charge in [-0.25, -0.2) is 0 Å². The Morgan fingerprint density at radius 2 is 0.559 bits per heavy atom. The zero-order valence-corrected chi connectivity index (χ0v) is 46.7. The van der Waals surface area contributed by atoms with E-state index in [1.165, 1.54) is 238 Å². The standard InChI is InChI=1S/C62H120O6/c1-6-8-9-10-11-12-13-14-15-16-17-20-23-26-32-37-42-47-52-60(63)66-55-59(68-62(65)54-49-44-39-34-29-28-31-36-41-46-51-58(5)7-2)56-67-61(64)53-48-43-38-33-27-24-21-18-19-22-25-30-35-40-45-50-57(3)4/h57-59H,6-56H2,1-5H3/t58?,59-/m0/s1. The molecule has 6 nitrogen and oxygen atoms in total. The molecule has 1 unspecified atom stereocenters. The SMILES string of the molecule is CCCCCCCCCCCCCCCCCCCCC(=O)OC[C@@H](COC(=O)CCCCCCCCCCCCCCCCCC(C)C)OC(=O)CCCCCCCCCCCCC(C)CC. The molecule has 404 valence electrons. The summed E-state index contributed by atoms with van der Waals surface area (Å²) < 4.78 is 16.9. The maximum Gasteiger partial charge on any atom is 0.306 e. The highest BCUT2D eigenvalue weighted by Gasteiger charge is 2.19. The summed E-state index contributed by atoms with van der Waals surface area (Å²) in [4.78, 5) is 38.2. The first-order valence-corrected chi connectivity index (χ1v) is 30.8. The highest BCUT2D eigenvalue weighted by molar-refractivity contribution is 5.71. The number of ether oxygens (including phenoxy) is 3. The van der Waals surface area contributed by atoms with Gasteiger partial charge in [0.05, 0.1) is 0 Å². The van der Waals surface area contributed by atoms with Gasteiger partial charge in [-0.05, 0) is 31.1 Å². The second kappa shape index (κ2) is 54.7. The summed E-state index contributed by atoms with van der Waals surface area (Å²) in [5.41, 5.74) is 0. The van der Waals surface area contributed by atoms with Crippen LogP contribution in [-0.2, 0) is 28.6 Å². The molecule has 0 fully saturated rings. The van der Waals surface area contributed by atoms with E-state index in [0.717, 1.165) is 69.6 Å². The molecule has 6 heteroatoms. The summed E-state index contributed by atoms with van der Waals surface area (Å²) in [6.45, 7) is 11.5. The van der Waals surface area contributed by atoms with Crippen LogP contribution in [0.25, 0.3) is 0 Å². The van der Waals surface area contributed by atoms with Crippen LogP contribution in [0, 0.1) is 11.8 Å². The van der Waals surface area contributed by atoms with Crippen molar-refractivity contribution in [3.8, 4) is 0 Å². The van der Waals surface area contributed by atoms with Crippen molar-refractivity contribution >= 4 is 17.9 Å². The van der Waals surface area contributed by atoms with Gasteiger partial charge in [0.1, 0.15) is 13.2 Å². The molecule has 0 rings (SSSR count). The third-order valence-electron chi connectivity index (χ3n) is 14.6. The van der Waals surface area contributed by atoms with Gasteiger partial charge < -0.3 is 14.2 Å². The number of hydrogen-bond acceptors (Lipinski definition) is 6. The molecule has 0 heterocycles. The molecule has 0 saturated heterocycles. The lowest BCUT2D eigenvalue weighted by atomic mass is 9.99. The Morgan fingerprint density at radius 1 is 0.309 bits per heavy atom. The molecule has 0 radical (unpaired) electrons. The van der Waals surface area contributed by atoms with Crippen molar-refractivity contribution < 1.29 is 28.6 Å². The number of hydrogen-bond donors (Lipinski definition) is 0. The first kappa shape index (κ1) is 66.4. The Hall–Kier alpha value is -1.59. The maximum atomic E-state index is 12.9. The van der Waals surface area contributed by atoms with Crippen LogP contribution in [0.2, 0.25) is 0 Å². The average Bonchev–Trinajstić information content (AvgIpc) is 3.32. The first-order valence-electron chi connectivity index (χ1n) is 30.8. The molecule has 0 amide bonds. The summed E-state index contributed by atoms with van der Waals surface area (Å²) in [5, 5.41) is 0. The lowest BCUT2D eigenvalue weighted by Gasteiger charge is -2.18. The van der Waals surface area contributed by atoms with Crippen LogP contribution < -0.4 is 0 Å². The van der Waals surface area contributed by atoms with Gasteiger partial charge in [-0.3, -0.25) is 14.4 Å². The smallest absolute Gasteiger partial charge is 0.306 e. The molecule has 2 atom stereocenters. The summed E-state index contributed by atoms with van der Waals surface area (Å²) in [7, 11) is 0. The van der Waals surface area contributed by atoms with Crippen LogP contribution in [0.5, 0.6) is 0 Å². The fourth-order valence-corrected chi connectivity index (χ4v) is 9.55. The van der Waals surface area contributed by atoms with E-state index in [9.17, 15) is 14.4 Å². The maximum absolute atomic E-state index is 12.9. The topological polar surface area (TPSA) is 78.9 Å². The fourth-order valence-electron chi connectivity index (χ4n) is 9.55. The minimum atomic E-state index is -0.763. The van der Waals surface area contributed by atoms with Gasteiger partial charge in [0.15, 0.2) is 6.10 Å². The second-order valence-electron chi connectivity index (χ2n) is 22.1. The van der Waals surface area contributed by atoms with Gasteiger partial charge in [0.25, 0.3) is 0 Å². The lowest BCUT2D eigenvalue weighted by Crippen LogP contribution is -2.30. The van der Waals surface area contributed by atoms with E-state index in [0.29, 0.717) is 19.3 Å². The van der Waals surface area contributed by atoms with Crippen molar-refractivity contribution in [1.29, 1.82) is 0 Å². The molecular formula is C62H120O6. The van der Waals surface area contributed by atoms with Crippen LogP contribution in [0.15, 0.2) is 0 Å². The highest BCUT2D eigenvalue weighted by atomic mass is 16.6. The van der Waals surface area contributed by atoms with E-state index < -0.39 is 6.10 Å². The van der Waals surface area contributed by atoms with Crippen LogP contribution in [0.3, 0.4) is 0 Å². The van der Waals surface area contributed by atoms with Crippen molar-refractivity contribution in [3.05, 3.63) is 0 Å². The largest absolute Gasteiger partial charge is 0.462 e. The number of esters is 3. The van der Waals surface area contributed by atoms with Crippen molar-refractivity contribution in [1.82, 2.24) is 0 Å². The Bertz CT molecular complexity index is 1040.